The quantitative estimate of drug-likeness (QED) is 0.351. The van der Waals surface area contributed by atoms with Gasteiger partial charge in [0.2, 0.25) is 0 Å². The van der Waals surface area contributed by atoms with Gasteiger partial charge in [-0.25, -0.2) is 4.98 Å². The van der Waals surface area contributed by atoms with E-state index in [4.69, 9.17) is 19.5 Å². The number of ether oxygens (including phenoxy) is 2. The Bertz CT molecular complexity index is 1360. The smallest absolute Gasteiger partial charge is 0.118 e. The zero-order valence-electron chi connectivity index (χ0n) is 19.9. The van der Waals surface area contributed by atoms with E-state index in [9.17, 15) is 0 Å². The number of pyridine rings is 1. The number of methoxy groups -OCH3 is 1. The number of hydrogen-bond acceptors (Lipinski definition) is 5. The van der Waals surface area contributed by atoms with Crippen LogP contribution in [-0.4, -0.2) is 34.0 Å². The van der Waals surface area contributed by atoms with Crippen molar-refractivity contribution in [1.82, 2.24) is 14.5 Å². The number of aromatic nitrogens is 3. The molecule has 0 bridgehead atoms. The van der Waals surface area contributed by atoms with E-state index < -0.39 is 0 Å². The molecule has 0 amide bonds. The Morgan fingerprint density at radius 3 is 2.60 bits per heavy atom. The minimum Gasteiger partial charge on any atom is -0.497 e. The van der Waals surface area contributed by atoms with Gasteiger partial charge in [0.25, 0.3) is 0 Å². The summed E-state index contributed by atoms with van der Waals surface area (Å²) in [6.07, 6.45) is 7.55. The fourth-order valence-corrected chi connectivity index (χ4v) is 5.11. The lowest BCUT2D eigenvalue weighted by atomic mass is 9.98. The van der Waals surface area contributed by atoms with Crippen molar-refractivity contribution in [2.75, 3.05) is 13.7 Å². The third-order valence-electron chi connectivity index (χ3n) is 6.89. The van der Waals surface area contributed by atoms with Crippen LogP contribution in [0.4, 0.5) is 5.69 Å². The van der Waals surface area contributed by atoms with Gasteiger partial charge in [-0.3, -0.25) is 9.98 Å². The lowest BCUT2D eigenvalue weighted by molar-refractivity contribution is 0.0924. The van der Waals surface area contributed by atoms with Crippen molar-refractivity contribution in [3.05, 3.63) is 95.7 Å². The highest BCUT2D eigenvalue weighted by molar-refractivity contribution is 6.06. The first-order valence-electron chi connectivity index (χ1n) is 12.2. The maximum atomic E-state index is 6.19. The number of rotatable bonds is 7. The molecule has 35 heavy (non-hydrogen) atoms. The number of hydrogen-bond donors (Lipinski definition) is 0. The third kappa shape index (κ3) is 4.26. The van der Waals surface area contributed by atoms with Crippen molar-refractivity contribution in [1.29, 1.82) is 0 Å². The lowest BCUT2D eigenvalue weighted by Gasteiger charge is -2.19. The SMILES string of the molecule is COc1ccc(COCC2CCc3nc(C4=Nc5ccccc5CC4)c(-c4ccncc4)n32)cc1. The van der Waals surface area contributed by atoms with Gasteiger partial charge in [-0.15, -0.1) is 0 Å². The molecule has 0 aliphatic carbocycles. The van der Waals surface area contributed by atoms with E-state index in [1.54, 1.807) is 7.11 Å². The van der Waals surface area contributed by atoms with Gasteiger partial charge in [0, 0.05) is 24.4 Å². The van der Waals surface area contributed by atoms with Crippen molar-refractivity contribution in [3.8, 4) is 17.0 Å². The van der Waals surface area contributed by atoms with Crippen LogP contribution < -0.4 is 4.74 Å². The summed E-state index contributed by atoms with van der Waals surface area (Å²) in [6, 6.07) is 20.8. The first kappa shape index (κ1) is 21.7. The second-order valence-corrected chi connectivity index (χ2v) is 9.07. The van der Waals surface area contributed by atoms with Gasteiger partial charge >= 0.3 is 0 Å². The van der Waals surface area contributed by atoms with Gasteiger partial charge in [0.1, 0.15) is 17.3 Å². The van der Waals surface area contributed by atoms with Gasteiger partial charge in [-0.05, 0) is 60.7 Å². The Labute approximate surface area is 205 Å². The molecule has 0 fully saturated rings. The molecular weight excluding hydrogens is 436 g/mol. The summed E-state index contributed by atoms with van der Waals surface area (Å²) in [5.74, 6) is 1.97. The molecule has 2 aliphatic heterocycles. The molecule has 0 spiro atoms. The molecule has 2 aromatic heterocycles. The standard InChI is InChI=1S/C29H28N4O2/c1-34-24-10-6-20(7-11-24)18-35-19-23-9-13-27-32-28(29(33(23)27)22-14-16-30-17-15-22)26-12-8-21-4-2-3-5-25(21)31-26/h2-7,10-11,14-17,23H,8-9,12-13,18-19H2,1H3. The Morgan fingerprint density at radius 2 is 1.77 bits per heavy atom. The van der Waals surface area contributed by atoms with Gasteiger partial charge in [-0.2, -0.15) is 0 Å². The number of imidazole rings is 1. The van der Waals surface area contributed by atoms with E-state index in [-0.39, 0.29) is 6.04 Å². The van der Waals surface area contributed by atoms with Crippen molar-refractivity contribution in [2.24, 2.45) is 4.99 Å². The topological polar surface area (TPSA) is 61.5 Å². The average Bonchev–Trinajstić information content (AvgIpc) is 3.49. The summed E-state index contributed by atoms with van der Waals surface area (Å²) in [7, 11) is 1.68. The molecule has 6 rings (SSSR count). The van der Waals surface area contributed by atoms with Crippen molar-refractivity contribution < 1.29 is 9.47 Å². The van der Waals surface area contributed by atoms with Crippen molar-refractivity contribution >= 4 is 11.4 Å². The van der Waals surface area contributed by atoms with Crippen LogP contribution in [-0.2, 0) is 24.2 Å². The van der Waals surface area contributed by atoms with Crippen LogP contribution in [0.25, 0.3) is 11.3 Å². The van der Waals surface area contributed by atoms with Gasteiger partial charge in [0.05, 0.1) is 43.5 Å². The number of nitrogens with zero attached hydrogens (tertiary/aromatic N) is 4. The molecule has 4 heterocycles. The molecule has 4 aromatic rings. The molecule has 1 atom stereocenters. The Morgan fingerprint density at radius 1 is 0.943 bits per heavy atom. The highest BCUT2D eigenvalue weighted by Gasteiger charge is 2.32. The second-order valence-electron chi connectivity index (χ2n) is 9.07. The largest absolute Gasteiger partial charge is 0.497 e. The third-order valence-corrected chi connectivity index (χ3v) is 6.89. The summed E-state index contributed by atoms with van der Waals surface area (Å²) in [6.45, 7) is 1.22. The summed E-state index contributed by atoms with van der Waals surface area (Å²) in [4.78, 5) is 14.4. The first-order chi connectivity index (χ1) is 17.3. The van der Waals surface area contributed by atoms with Gasteiger partial charge in [0.15, 0.2) is 0 Å². The highest BCUT2D eigenvalue weighted by atomic mass is 16.5. The average molecular weight is 465 g/mol. The van der Waals surface area contributed by atoms with E-state index in [0.717, 1.165) is 71.2 Å². The zero-order valence-corrected chi connectivity index (χ0v) is 19.9. The molecule has 0 radical (unpaired) electrons. The van der Waals surface area contributed by atoms with Crippen LogP contribution in [0, 0.1) is 0 Å². The molecule has 6 heteroatoms. The predicted molar refractivity (Wildman–Crippen MR) is 136 cm³/mol. The maximum absolute atomic E-state index is 6.19. The fraction of sp³-hybridized carbons (Fsp3) is 0.276. The van der Waals surface area contributed by atoms with E-state index in [1.165, 1.54) is 5.56 Å². The predicted octanol–water partition coefficient (Wildman–Crippen LogP) is 5.72. The number of para-hydroxylation sites is 1. The number of fused-ring (bicyclic) bond motifs is 2. The molecule has 2 aliphatic rings. The van der Waals surface area contributed by atoms with Gasteiger partial charge < -0.3 is 14.0 Å². The normalized spacial score (nSPS) is 16.5. The van der Waals surface area contributed by atoms with Crippen LogP contribution in [0.1, 0.15) is 41.5 Å². The lowest BCUT2D eigenvalue weighted by Crippen LogP contribution is -2.15. The molecule has 6 nitrogen and oxygen atoms in total. The van der Waals surface area contributed by atoms with Crippen molar-refractivity contribution in [2.45, 2.75) is 38.3 Å². The van der Waals surface area contributed by atoms with Crippen molar-refractivity contribution in [3.63, 3.8) is 0 Å². The van der Waals surface area contributed by atoms with Crippen LogP contribution in [0.15, 0.2) is 78.0 Å². The number of aryl methyl sites for hydroxylation is 2. The Hall–Kier alpha value is -3.77. The van der Waals surface area contributed by atoms with Crippen LogP contribution in [0.5, 0.6) is 5.75 Å². The molecule has 176 valence electrons. The van der Waals surface area contributed by atoms with Crippen LogP contribution in [0.2, 0.25) is 0 Å². The first-order valence-corrected chi connectivity index (χ1v) is 12.2. The fourth-order valence-electron chi connectivity index (χ4n) is 5.11. The maximum Gasteiger partial charge on any atom is 0.118 e. The van der Waals surface area contributed by atoms with Crippen LogP contribution in [0.3, 0.4) is 0 Å². The molecular formula is C29H28N4O2. The summed E-state index contributed by atoms with van der Waals surface area (Å²) in [5.41, 5.74) is 7.82. The monoisotopic (exact) mass is 464 g/mol. The van der Waals surface area contributed by atoms with E-state index in [0.29, 0.717) is 13.2 Å². The molecule has 1 unspecified atom stereocenters. The molecule has 0 N–H and O–H groups in total. The summed E-state index contributed by atoms with van der Waals surface area (Å²) in [5, 5.41) is 0. The van der Waals surface area contributed by atoms with Crippen LogP contribution >= 0.6 is 0 Å². The molecule has 0 saturated carbocycles. The van der Waals surface area contributed by atoms with E-state index >= 15 is 0 Å². The minimum absolute atomic E-state index is 0.240. The minimum atomic E-state index is 0.240. The highest BCUT2D eigenvalue weighted by Crippen LogP contribution is 2.38. The van der Waals surface area contributed by atoms with Gasteiger partial charge in [-0.1, -0.05) is 30.3 Å². The number of benzene rings is 2. The second kappa shape index (κ2) is 9.47. The zero-order chi connectivity index (χ0) is 23.6. The van der Waals surface area contributed by atoms with E-state index in [1.807, 2.05) is 24.5 Å². The Kier molecular flexibility index (Phi) is 5.88. The Balaban J connectivity index is 1.31. The molecule has 0 saturated heterocycles. The molecule has 2 aromatic carbocycles. The summed E-state index contributed by atoms with van der Waals surface area (Å²) < 4.78 is 13.8. The summed E-state index contributed by atoms with van der Waals surface area (Å²) >= 11 is 0. The number of aliphatic imine (C=N–C) groups is 1. The van der Waals surface area contributed by atoms with E-state index in [2.05, 4.69) is 58.1 Å².